The Morgan fingerprint density at radius 2 is 0.664 bits per heavy atom. The number of benzene rings is 18. The number of nitrogens with one attached hydrogen (secondary N) is 1. The van der Waals surface area contributed by atoms with E-state index in [1.165, 1.54) is 87.2 Å². The van der Waals surface area contributed by atoms with Crippen molar-refractivity contribution >= 4 is 145 Å². The molecule has 18 aromatic carbocycles. The lowest BCUT2D eigenvalue weighted by Gasteiger charge is -2.06. The van der Waals surface area contributed by atoms with E-state index in [4.69, 9.17) is 55.7 Å². The summed E-state index contributed by atoms with van der Waals surface area (Å²) in [4.78, 5) is 29.6. The molecule has 0 unspecified atom stereocenters. The number of amides is 1. The third kappa shape index (κ3) is 24.9. The van der Waals surface area contributed by atoms with Crippen LogP contribution in [0.5, 0.6) is 0 Å². The van der Waals surface area contributed by atoms with Gasteiger partial charge in [-0.3, -0.25) is 15.0 Å². The molecule has 11 nitrogen and oxygen atoms in total. The fraction of sp³-hybridized carbons (Fsp3) is 0.104. The highest BCUT2D eigenvalue weighted by Crippen LogP contribution is 2.28. The molecule has 0 spiro atoms. The molecule has 13 heteroatoms. The van der Waals surface area contributed by atoms with Crippen molar-refractivity contribution in [2.24, 2.45) is 28.1 Å². The van der Waals surface area contributed by atoms with Crippen LogP contribution in [-0.4, -0.2) is 35.9 Å². The SMILES string of the molecule is C=O.Cc1cc2ccccc2cc1/C(N)=N\O.Cc1cc2ccccc2cc1C(=N)N.Cc1cc2ccccc2cc1C(N)=O.Cc1cc2ccccc2cc1CN.Cc1cc2ccccc2cc1Cl.Cc1cc2ccccc2cc1F.Cc1ccc2ccc(C)cc2c1.Cc1ccc2ccc(C=O)cc2c1.Cc1ccc2ccc(N)cc2c1. The van der Waals surface area contributed by atoms with E-state index >= 15 is 0 Å². The fourth-order valence-corrected chi connectivity index (χ4v) is 13.7. The van der Waals surface area contributed by atoms with Gasteiger partial charge in [0.1, 0.15) is 24.7 Å². The quantitative estimate of drug-likeness (QED) is 0.0218. The van der Waals surface area contributed by atoms with Crippen molar-refractivity contribution in [2.75, 3.05) is 5.73 Å². The van der Waals surface area contributed by atoms with Crippen LogP contribution in [0.25, 0.3) is 97.0 Å². The molecule has 18 aromatic rings. The monoisotopic (exact) mass is 1590 g/mol. The Labute approximate surface area is 701 Å². The average molecular weight is 1590 g/mol. The largest absolute Gasteiger partial charge is 0.409 e. The number of hydrogen-bond acceptors (Lipinski definition) is 8. The van der Waals surface area contributed by atoms with E-state index in [-0.39, 0.29) is 23.4 Å². The molecule has 0 aliphatic carbocycles. The second-order valence-electron chi connectivity index (χ2n) is 29.2. The minimum Gasteiger partial charge on any atom is -0.409 e. The molecule has 0 aromatic heterocycles. The maximum absolute atomic E-state index is 13.0. The molecule has 1 amide bonds. The first kappa shape index (κ1) is 88.8. The number of fused-ring (bicyclic) bond motifs is 9. The Kier molecular flexibility index (Phi) is 32.1. The number of nitrogens with zero attached hydrogens (tertiary/aromatic N) is 1. The van der Waals surface area contributed by atoms with E-state index in [1.54, 1.807) is 13.0 Å². The molecule has 0 fully saturated rings. The first-order valence-electron chi connectivity index (χ1n) is 38.8. The molecule has 18 rings (SSSR count). The van der Waals surface area contributed by atoms with Crippen LogP contribution in [0.2, 0.25) is 5.02 Å². The zero-order chi connectivity index (χ0) is 85.8. The second kappa shape index (κ2) is 43.0. The van der Waals surface area contributed by atoms with Crippen molar-refractivity contribution in [2.45, 2.75) is 75.8 Å². The summed E-state index contributed by atoms with van der Waals surface area (Å²) < 4.78 is 13.0. The lowest BCUT2D eigenvalue weighted by Crippen LogP contribution is -2.14. The summed E-state index contributed by atoms with van der Waals surface area (Å²) in [6.07, 6.45) is 0.877. The summed E-state index contributed by atoms with van der Waals surface area (Å²) >= 11 is 5.99. The number of rotatable bonds is 5. The summed E-state index contributed by atoms with van der Waals surface area (Å²) in [7, 11) is 0. The number of carbonyl (C=O) groups excluding carboxylic acids is 3. The van der Waals surface area contributed by atoms with Gasteiger partial charge in [0, 0.05) is 39.5 Å². The summed E-state index contributed by atoms with van der Waals surface area (Å²) in [5.41, 5.74) is 43.9. The van der Waals surface area contributed by atoms with Gasteiger partial charge in [-0.25, -0.2) is 4.39 Å². The van der Waals surface area contributed by atoms with Gasteiger partial charge in [-0.05, 0) is 272 Å². The van der Waals surface area contributed by atoms with Crippen molar-refractivity contribution in [3.8, 4) is 0 Å². The van der Waals surface area contributed by atoms with E-state index in [2.05, 4.69) is 172 Å². The number of halogens is 2. The normalized spacial score (nSPS) is 10.5. The van der Waals surface area contributed by atoms with Gasteiger partial charge in [-0.1, -0.05) is 300 Å². The molecule has 0 radical (unpaired) electrons. The van der Waals surface area contributed by atoms with Crippen LogP contribution in [0.3, 0.4) is 0 Å². The van der Waals surface area contributed by atoms with Gasteiger partial charge in [0.05, 0.1) is 0 Å². The third-order valence-corrected chi connectivity index (χ3v) is 20.4. The van der Waals surface area contributed by atoms with Crippen LogP contribution in [0.4, 0.5) is 10.1 Å². The molecule has 598 valence electrons. The number of oxime groups is 1. The molecule has 0 atom stereocenters. The van der Waals surface area contributed by atoms with Crippen LogP contribution in [0.1, 0.15) is 93.0 Å². The van der Waals surface area contributed by atoms with Crippen LogP contribution in [0.15, 0.2) is 333 Å². The number of anilines is 1. The van der Waals surface area contributed by atoms with E-state index in [0.29, 0.717) is 17.7 Å². The molecule has 12 N–H and O–H groups in total. The minimum absolute atomic E-state index is 0.131. The Balaban J connectivity index is 0.000000152. The lowest BCUT2D eigenvalue weighted by molar-refractivity contribution is -0.0980. The standard InChI is InChI=1S/C12H12N2O.C12H12N2.C12H11NO.C12H13N.C12H10O.C12H12.C11H9Cl.C11H9F.C11H11N.CH2O/c1-8-6-9-4-2-3-5-10(9)7-11(8)12(13)14-15;2*1-8-6-9-4-2-3-5-10(9)7-11(8)12(13)14;1-9-6-10-4-2-3-5-11(10)7-12(9)8-13;1-9-2-4-11-5-3-10(8-13)7-12(11)6-9;1-9-3-5-11-6-4-10(2)8-12(11)7-9;2*1-8-6-9-4-2-3-5-10(9)7-11(8)12;1-8-2-3-9-4-5-11(12)7-10(9)6-8;1-2/h2-7,15H,1H3,(H2,13,14);2-7H,1H3,(H3,13,14);2-7H,1H3,(H2,13,14);2-7H,8,13H2,1H3;2-8H,1H3;3-8H,1-2H3;2*2-7H,1H3;2-7H,12H2,1H3;1H2. The van der Waals surface area contributed by atoms with Crippen LogP contribution in [-0.2, 0) is 11.3 Å². The predicted molar refractivity (Wildman–Crippen MR) is 505 cm³/mol. The zero-order valence-corrected chi connectivity index (χ0v) is 69.7. The Morgan fingerprint density at radius 1 is 0.361 bits per heavy atom. The maximum Gasteiger partial charge on any atom is 0.248 e. The minimum atomic E-state index is -0.367. The fourth-order valence-electron chi connectivity index (χ4n) is 13.5. The van der Waals surface area contributed by atoms with Crippen LogP contribution in [0, 0.1) is 80.5 Å². The van der Waals surface area contributed by atoms with Crippen molar-refractivity contribution in [3.05, 3.63) is 422 Å². The van der Waals surface area contributed by atoms with E-state index in [0.717, 1.165) is 99.0 Å². The van der Waals surface area contributed by atoms with Gasteiger partial charge < -0.3 is 38.7 Å². The van der Waals surface area contributed by atoms with Crippen molar-refractivity contribution < 1.29 is 24.0 Å². The topological polar surface area (TPSA) is 238 Å². The summed E-state index contributed by atoms with van der Waals surface area (Å²) in [6, 6.07) is 109. The number of primary amides is 1. The smallest absolute Gasteiger partial charge is 0.248 e. The second-order valence-corrected chi connectivity index (χ2v) is 29.6. The van der Waals surface area contributed by atoms with Gasteiger partial charge >= 0.3 is 0 Å². The maximum atomic E-state index is 13.0. The molecule has 0 bridgehead atoms. The number of carbonyl (C=O) groups is 3. The summed E-state index contributed by atoms with van der Waals surface area (Å²) in [6.45, 7) is 22.7. The highest BCUT2D eigenvalue weighted by atomic mass is 35.5. The zero-order valence-electron chi connectivity index (χ0n) is 68.9. The van der Waals surface area contributed by atoms with Crippen molar-refractivity contribution in [1.82, 2.24) is 0 Å². The number of amidine groups is 2. The van der Waals surface area contributed by atoms with Crippen molar-refractivity contribution in [1.29, 1.82) is 5.41 Å². The molecule has 0 saturated heterocycles. The Hall–Kier alpha value is -14.2. The van der Waals surface area contributed by atoms with Crippen LogP contribution < -0.4 is 28.7 Å². The molecule has 119 heavy (non-hydrogen) atoms. The molecule has 0 saturated carbocycles. The molecule has 0 aliphatic heterocycles. The number of aryl methyl sites for hydroxylation is 10. The molecule has 0 aliphatic rings. The molecule has 0 heterocycles. The highest BCUT2D eigenvalue weighted by molar-refractivity contribution is 6.32. The molecular formula is C106H101ClFN7O4. The average Bonchev–Trinajstić information content (AvgIpc) is 0.824. The van der Waals surface area contributed by atoms with Crippen LogP contribution >= 0.6 is 11.6 Å². The van der Waals surface area contributed by atoms with Crippen molar-refractivity contribution in [3.63, 3.8) is 0 Å². The summed E-state index contributed by atoms with van der Waals surface area (Å²) in [5.74, 6) is -0.214. The van der Waals surface area contributed by atoms with E-state index in [1.807, 2.05) is 223 Å². The van der Waals surface area contributed by atoms with Gasteiger partial charge in [-0.15, -0.1) is 0 Å². The Bertz CT molecular complexity index is 6240. The van der Waals surface area contributed by atoms with Gasteiger partial charge in [0.25, 0.3) is 0 Å². The summed E-state index contributed by atoms with van der Waals surface area (Å²) in [5, 5.41) is 41.2. The number of aldehydes is 1. The first-order valence-corrected chi connectivity index (χ1v) is 39.2. The predicted octanol–water partition coefficient (Wildman–Crippen LogP) is 25.6. The van der Waals surface area contributed by atoms with Gasteiger partial charge in [-0.2, -0.15) is 0 Å². The Morgan fingerprint density at radius 3 is 1.05 bits per heavy atom. The number of nitrogen functional groups attached to an aromatic ring is 2. The highest BCUT2D eigenvalue weighted by Gasteiger charge is 2.09. The lowest BCUT2D eigenvalue weighted by atomic mass is 10.0. The number of nitrogens with two attached hydrogens (primary N) is 5. The number of hydrogen-bond donors (Lipinski definition) is 7. The molecular weight excluding hydrogens is 1490 g/mol. The third-order valence-electron chi connectivity index (χ3n) is 20.0. The van der Waals surface area contributed by atoms with Gasteiger partial charge in [0.2, 0.25) is 5.91 Å². The van der Waals surface area contributed by atoms with E-state index in [9.17, 15) is 14.0 Å². The first-order chi connectivity index (χ1) is 57.2. The van der Waals surface area contributed by atoms with E-state index < -0.39 is 0 Å². The van der Waals surface area contributed by atoms with Gasteiger partial charge in [0.15, 0.2) is 5.84 Å².